The minimum atomic E-state index is -0.714. The molecule has 180 valence electrons. The molecule has 0 saturated carbocycles. The van der Waals surface area contributed by atoms with Gasteiger partial charge in [0.15, 0.2) is 11.5 Å². The van der Waals surface area contributed by atoms with Gasteiger partial charge in [0.1, 0.15) is 0 Å². The van der Waals surface area contributed by atoms with Crippen molar-refractivity contribution in [2.75, 3.05) is 11.9 Å². The Morgan fingerprint density at radius 1 is 1.09 bits per heavy atom. The number of nitrogens with one attached hydrogen (secondary N) is 2. The minimum Gasteiger partial charge on any atom is -0.388 e. The number of pyridine rings is 1. The highest BCUT2D eigenvalue weighted by Crippen LogP contribution is 2.24. The molecule has 0 bridgehead atoms. The number of carbonyl (C=O) groups excluding carboxylic acids is 2. The van der Waals surface area contributed by atoms with Crippen LogP contribution in [0.2, 0.25) is 5.02 Å². The molecule has 4 aromatic rings. The Morgan fingerprint density at radius 2 is 1.83 bits per heavy atom. The van der Waals surface area contributed by atoms with E-state index in [4.69, 9.17) is 11.6 Å². The Labute approximate surface area is 207 Å². The lowest BCUT2D eigenvalue weighted by Crippen LogP contribution is -2.26. The molecule has 0 saturated heterocycles. The van der Waals surface area contributed by atoms with Crippen LogP contribution in [-0.2, 0) is 4.79 Å². The van der Waals surface area contributed by atoms with Crippen molar-refractivity contribution in [3.05, 3.63) is 76.2 Å². The van der Waals surface area contributed by atoms with Crippen molar-refractivity contribution in [2.45, 2.75) is 33.3 Å². The standard InChI is InChI=1S/C25H25ClN6O3/c1-14-19(21-8-9-24-30-23(29-16(3)33)13-32(24)31-21)12-20(15(2)28-14)25(35)27-11-10-22(34)17-4-6-18(26)7-5-17/h4-9,12-13,22,34H,10-11H2,1-3H3,(H,27,35)(H,29,33)/t22-/m0/s1. The molecule has 3 N–H and O–H groups in total. The lowest BCUT2D eigenvalue weighted by molar-refractivity contribution is -0.114. The van der Waals surface area contributed by atoms with Crippen molar-refractivity contribution in [1.82, 2.24) is 24.9 Å². The highest BCUT2D eigenvalue weighted by Gasteiger charge is 2.17. The van der Waals surface area contributed by atoms with E-state index in [0.717, 1.165) is 11.3 Å². The normalized spacial score (nSPS) is 11.9. The summed E-state index contributed by atoms with van der Waals surface area (Å²) in [5.41, 5.74) is 4.39. The molecule has 0 aliphatic carbocycles. The van der Waals surface area contributed by atoms with E-state index < -0.39 is 6.10 Å². The third-order valence-corrected chi connectivity index (χ3v) is 5.76. The van der Waals surface area contributed by atoms with Crippen molar-refractivity contribution >= 4 is 34.9 Å². The number of imidazole rings is 1. The summed E-state index contributed by atoms with van der Waals surface area (Å²) in [7, 11) is 0. The van der Waals surface area contributed by atoms with Crippen molar-refractivity contribution in [1.29, 1.82) is 0 Å². The van der Waals surface area contributed by atoms with Gasteiger partial charge in [-0.3, -0.25) is 14.6 Å². The molecule has 0 radical (unpaired) electrons. The maximum Gasteiger partial charge on any atom is 0.253 e. The van der Waals surface area contributed by atoms with Gasteiger partial charge in [-0.05, 0) is 56.2 Å². The van der Waals surface area contributed by atoms with Crippen molar-refractivity contribution in [2.24, 2.45) is 0 Å². The van der Waals surface area contributed by atoms with Crippen molar-refractivity contribution in [3.8, 4) is 11.3 Å². The molecular formula is C25H25ClN6O3. The van der Waals surface area contributed by atoms with Gasteiger partial charge in [-0.15, -0.1) is 0 Å². The molecule has 10 heteroatoms. The van der Waals surface area contributed by atoms with Gasteiger partial charge in [-0.2, -0.15) is 5.10 Å². The Hall–Kier alpha value is -3.82. The third kappa shape index (κ3) is 5.64. The van der Waals surface area contributed by atoms with E-state index in [-0.39, 0.29) is 18.4 Å². The van der Waals surface area contributed by atoms with Crippen LogP contribution in [0.3, 0.4) is 0 Å². The highest BCUT2D eigenvalue weighted by atomic mass is 35.5. The SMILES string of the molecule is CC(=O)Nc1cn2nc(-c3cc(C(=O)NCC[C@H](O)c4ccc(Cl)cc4)c(C)nc3C)ccc2n1. The summed E-state index contributed by atoms with van der Waals surface area (Å²) in [6.45, 7) is 5.33. The lowest BCUT2D eigenvalue weighted by atomic mass is 10.0. The van der Waals surface area contributed by atoms with E-state index in [1.165, 1.54) is 6.92 Å². The molecule has 3 heterocycles. The molecular weight excluding hydrogens is 468 g/mol. The Kier molecular flexibility index (Phi) is 7.09. The Balaban J connectivity index is 1.50. The van der Waals surface area contributed by atoms with E-state index >= 15 is 0 Å². The molecule has 1 aromatic carbocycles. The number of fused-ring (bicyclic) bond motifs is 1. The largest absolute Gasteiger partial charge is 0.388 e. The van der Waals surface area contributed by atoms with Crippen molar-refractivity contribution in [3.63, 3.8) is 0 Å². The quantitative estimate of drug-likeness (QED) is 0.360. The number of aromatic nitrogens is 4. The third-order valence-electron chi connectivity index (χ3n) is 5.51. The lowest BCUT2D eigenvalue weighted by Gasteiger charge is -2.14. The average molecular weight is 493 g/mol. The fraction of sp³-hybridized carbons (Fsp3) is 0.240. The number of halogens is 1. The van der Waals surface area contributed by atoms with E-state index in [0.29, 0.717) is 45.4 Å². The smallest absolute Gasteiger partial charge is 0.253 e. The molecule has 9 nitrogen and oxygen atoms in total. The summed E-state index contributed by atoms with van der Waals surface area (Å²) in [5.74, 6) is -0.0958. The zero-order valence-electron chi connectivity index (χ0n) is 19.5. The van der Waals surface area contributed by atoms with Gasteiger partial charge in [0, 0.05) is 29.7 Å². The van der Waals surface area contributed by atoms with E-state index in [1.807, 2.05) is 6.92 Å². The molecule has 0 aliphatic rings. The van der Waals surface area contributed by atoms with E-state index in [2.05, 4.69) is 25.7 Å². The van der Waals surface area contributed by atoms with Gasteiger partial charge in [-0.25, -0.2) is 9.50 Å². The average Bonchev–Trinajstić information content (AvgIpc) is 3.20. The Bertz CT molecular complexity index is 1400. The molecule has 0 fully saturated rings. The van der Waals surface area contributed by atoms with Crippen LogP contribution in [0.1, 0.15) is 46.8 Å². The van der Waals surface area contributed by atoms with Gasteiger partial charge in [0.25, 0.3) is 5.91 Å². The van der Waals surface area contributed by atoms with Crippen LogP contribution < -0.4 is 10.6 Å². The van der Waals surface area contributed by atoms with Crippen LogP contribution in [0.4, 0.5) is 5.82 Å². The summed E-state index contributed by atoms with van der Waals surface area (Å²) in [6, 6.07) is 12.3. The molecule has 0 spiro atoms. The van der Waals surface area contributed by atoms with Crippen LogP contribution in [0.15, 0.2) is 48.7 Å². The second-order valence-electron chi connectivity index (χ2n) is 8.19. The summed E-state index contributed by atoms with van der Waals surface area (Å²) in [5, 5.41) is 21.0. The maximum atomic E-state index is 12.9. The van der Waals surface area contributed by atoms with Gasteiger partial charge < -0.3 is 15.7 Å². The van der Waals surface area contributed by atoms with Crippen molar-refractivity contribution < 1.29 is 14.7 Å². The molecule has 3 aromatic heterocycles. The zero-order valence-corrected chi connectivity index (χ0v) is 20.3. The van der Waals surface area contributed by atoms with Crippen LogP contribution in [0.5, 0.6) is 0 Å². The number of amides is 2. The van der Waals surface area contributed by atoms with E-state index in [1.54, 1.807) is 60.1 Å². The summed E-state index contributed by atoms with van der Waals surface area (Å²) >= 11 is 5.89. The number of hydrogen-bond acceptors (Lipinski definition) is 6. The molecule has 1 atom stereocenters. The number of aliphatic hydroxyl groups excluding tert-OH is 1. The molecule has 0 aliphatic heterocycles. The molecule has 2 amide bonds. The number of nitrogens with zero attached hydrogens (tertiary/aromatic N) is 4. The number of rotatable bonds is 7. The second kappa shape index (κ2) is 10.2. The maximum absolute atomic E-state index is 12.9. The zero-order chi connectivity index (χ0) is 25.1. The highest BCUT2D eigenvalue weighted by molar-refractivity contribution is 6.30. The second-order valence-corrected chi connectivity index (χ2v) is 8.63. The van der Waals surface area contributed by atoms with Gasteiger partial charge in [-0.1, -0.05) is 23.7 Å². The number of anilines is 1. The fourth-order valence-electron chi connectivity index (χ4n) is 3.75. The first-order valence-corrected chi connectivity index (χ1v) is 11.4. The van der Waals surface area contributed by atoms with Crippen LogP contribution in [0, 0.1) is 13.8 Å². The summed E-state index contributed by atoms with van der Waals surface area (Å²) in [6.07, 6.45) is 1.26. The van der Waals surface area contributed by atoms with Gasteiger partial charge >= 0.3 is 0 Å². The topological polar surface area (TPSA) is 122 Å². The van der Waals surface area contributed by atoms with E-state index in [9.17, 15) is 14.7 Å². The number of carbonyl (C=O) groups is 2. The predicted octanol–water partition coefficient (Wildman–Crippen LogP) is 3.87. The fourth-order valence-corrected chi connectivity index (χ4v) is 3.88. The first kappa shape index (κ1) is 24.3. The minimum absolute atomic E-state index is 0.219. The monoisotopic (exact) mass is 492 g/mol. The van der Waals surface area contributed by atoms with Crippen LogP contribution in [-0.4, -0.2) is 43.0 Å². The van der Waals surface area contributed by atoms with Crippen LogP contribution in [0.25, 0.3) is 16.9 Å². The number of benzene rings is 1. The molecule has 35 heavy (non-hydrogen) atoms. The van der Waals surface area contributed by atoms with Gasteiger partial charge in [0.05, 0.1) is 29.3 Å². The first-order chi connectivity index (χ1) is 16.7. The van der Waals surface area contributed by atoms with Crippen LogP contribution >= 0.6 is 11.6 Å². The number of aryl methyl sites for hydroxylation is 2. The first-order valence-electron chi connectivity index (χ1n) is 11.1. The summed E-state index contributed by atoms with van der Waals surface area (Å²) in [4.78, 5) is 33.1. The molecule has 4 rings (SSSR count). The number of aliphatic hydroxyl groups is 1. The Morgan fingerprint density at radius 3 is 2.54 bits per heavy atom. The summed E-state index contributed by atoms with van der Waals surface area (Å²) < 4.78 is 1.57. The predicted molar refractivity (Wildman–Crippen MR) is 133 cm³/mol. The molecule has 0 unspecified atom stereocenters. The van der Waals surface area contributed by atoms with Gasteiger partial charge in [0.2, 0.25) is 5.91 Å². The number of hydrogen-bond donors (Lipinski definition) is 3.